The second-order valence-corrected chi connectivity index (χ2v) is 11.3. The molecular weight excluding hydrogens is 520 g/mol. The lowest BCUT2D eigenvalue weighted by Gasteiger charge is -2.44. The number of likely N-dealkylation sites (tertiary alicyclic amines) is 1. The van der Waals surface area contributed by atoms with Crippen LogP contribution in [-0.2, 0) is 14.3 Å². The van der Waals surface area contributed by atoms with E-state index in [-0.39, 0.29) is 37.4 Å². The predicted molar refractivity (Wildman–Crippen MR) is 136 cm³/mol. The molecule has 0 aliphatic carbocycles. The van der Waals surface area contributed by atoms with Gasteiger partial charge in [0.05, 0.1) is 5.69 Å². The Kier molecular flexibility index (Phi) is 8.87. The molecule has 0 spiro atoms. The van der Waals surface area contributed by atoms with Gasteiger partial charge in [-0.3, -0.25) is 4.79 Å². The fourth-order valence-electron chi connectivity index (χ4n) is 3.68. The average molecular weight is 557 g/mol. The van der Waals surface area contributed by atoms with E-state index in [0.29, 0.717) is 4.47 Å². The molecule has 1 saturated heterocycles. The fraction of sp³-hybridized carbons (Fsp3) is 0.640. The van der Waals surface area contributed by atoms with Crippen LogP contribution in [0.25, 0.3) is 0 Å². The minimum Gasteiger partial charge on any atom is -0.475 e. The molecule has 2 aliphatic rings. The molecule has 9 nitrogen and oxygen atoms in total. The summed E-state index contributed by atoms with van der Waals surface area (Å²) in [5, 5.41) is 11.4. The maximum absolute atomic E-state index is 13.5. The van der Waals surface area contributed by atoms with Gasteiger partial charge in [0, 0.05) is 17.6 Å². The smallest absolute Gasteiger partial charge is 0.421 e. The van der Waals surface area contributed by atoms with Gasteiger partial charge >= 0.3 is 12.2 Å². The molecule has 1 unspecified atom stereocenters. The topological polar surface area (TPSA) is 106 Å². The summed E-state index contributed by atoms with van der Waals surface area (Å²) in [7, 11) is 0. The molecule has 0 radical (unpaired) electrons. The highest BCUT2D eigenvalue weighted by Crippen LogP contribution is 2.41. The van der Waals surface area contributed by atoms with E-state index in [2.05, 4.69) is 15.9 Å². The number of anilines is 1. The van der Waals surface area contributed by atoms with Crippen molar-refractivity contribution in [3.05, 3.63) is 22.7 Å². The zero-order valence-corrected chi connectivity index (χ0v) is 23.4. The molecule has 2 aliphatic heterocycles. The Labute approximate surface area is 215 Å². The molecule has 0 aromatic heterocycles. The third kappa shape index (κ3) is 7.10. The summed E-state index contributed by atoms with van der Waals surface area (Å²) in [4.78, 5) is 41.2. The predicted octanol–water partition coefficient (Wildman–Crippen LogP) is 5.27. The molecule has 0 bridgehead atoms. The number of hydrogen-bond donors (Lipinski definition) is 1. The summed E-state index contributed by atoms with van der Waals surface area (Å²) >= 11 is 3.35. The molecule has 3 rings (SSSR count). The molecule has 3 amide bonds. The van der Waals surface area contributed by atoms with Crippen LogP contribution >= 0.6 is 15.9 Å². The van der Waals surface area contributed by atoms with Gasteiger partial charge in [-0.25, -0.2) is 14.5 Å². The van der Waals surface area contributed by atoms with Crippen LogP contribution in [0.4, 0.5) is 15.3 Å². The van der Waals surface area contributed by atoms with E-state index in [0.717, 1.165) is 4.90 Å². The molecule has 1 fully saturated rings. The number of hydrogen-bond acceptors (Lipinski definition) is 7. The van der Waals surface area contributed by atoms with Gasteiger partial charge in [0.25, 0.3) is 5.91 Å². The number of carbonyl (C=O) groups is 3. The molecular formula is C25H37BrN2O7. The SMILES string of the molecule is CC.CC(C)(C)OC(=O)N1CCC(O)(C2Oc3ccc(Br)cc3N(C(=O)OC(C)(C)C)C2=O)CC1. The van der Waals surface area contributed by atoms with Gasteiger partial charge in [-0.15, -0.1) is 0 Å². The van der Waals surface area contributed by atoms with Gasteiger partial charge in [-0.1, -0.05) is 29.8 Å². The lowest BCUT2D eigenvalue weighted by atomic mass is 9.84. The molecule has 1 aromatic rings. The quantitative estimate of drug-likeness (QED) is 0.502. The van der Waals surface area contributed by atoms with Crippen LogP contribution in [0.1, 0.15) is 68.2 Å². The number of imide groups is 1. The van der Waals surface area contributed by atoms with Crippen LogP contribution in [0.3, 0.4) is 0 Å². The number of amides is 3. The van der Waals surface area contributed by atoms with Crippen LogP contribution in [0, 0.1) is 0 Å². The van der Waals surface area contributed by atoms with Crippen molar-refractivity contribution < 1.29 is 33.7 Å². The third-order valence-corrected chi connectivity index (χ3v) is 5.69. The lowest BCUT2D eigenvalue weighted by Crippen LogP contribution is -2.63. The van der Waals surface area contributed by atoms with Crippen LogP contribution in [0.15, 0.2) is 22.7 Å². The van der Waals surface area contributed by atoms with Crippen LogP contribution in [0.5, 0.6) is 5.75 Å². The number of halogens is 1. The van der Waals surface area contributed by atoms with Crippen molar-refractivity contribution in [2.45, 2.75) is 91.1 Å². The van der Waals surface area contributed by atoms with Gasteiger partial charge in [0.2, 0.25) is 6.10 Å². The Bertz CT molecular complexity index is 944. The third-order valence-electron chi connectivity index (χ3n) is 5.20. The fourth-order valence-corrected chi connectivity index (χ4v) is 4.03. The molecule has 10 heteroatoms. The van der Waals surface area contributed by atoms with Crippen molar-refractivity contribution >= 4 is 39.7 Å². The molecule has 196 valence electrons. The van der Waals surface area contributed by atoms with Crippen molar-refractivity contribution in [1.82, 2.24) is 4.90 Å². The number of carbonyl (C=O) groups excluding carboxylic acids is 3. The number of ether oxygens (including phenoxy) is 3. The van der Waals surface area contributed by atoms with E-state index in [1.54, 1.807) is 59.7 Å². The van der Waals surface area contributed by atoms with E-state index in [1.165, 1.54) is 4.90 Å². The molecule has 0 saturated carbocycles. The largest absolute Gasteiger partial charge is 0.475 e. The minimum atomic E-state index is -1.58. The van der Waals surface area contributed by atoms with Crippen LogP contribution in [0.2, 0.25) is 0 Å². The standard InChI is InChI=1S/C23H31BrN2O7.C2H6/c1-21(2,3)32-19(28)25-11-9-23(30,10-12-25)17-18(27)26(20(29)33-22(4,5)6)15-13-14(24)7-8-16(15)31-17;1-2/h7-8,13,17,30H,9-12H2,1-6H3;1-2H3. The summed E-state index contributed by atoms with van der Waals surface area (Å²) in [5.74, 6) is -0.445. The highest BCUT2D eigenvalue weighted by Gasteiger charge is 2.52. The van der Waals surface area contributed by atoms with Crippen molar-refractivity contribution in [2.24, 2.45) is 0 Å². The van der Waals surface area contributed by atoms with Crippen LogP contribution < -0.4 is 9.64 Å². The van der Waals surface area contributed by atoms with Gasteiger partial charge in [0.1, 0.15) is 22.6 Å². The molecule has 2 heterocycles. The second-order valence-electron chi connectivity index (χ2n) is 10.3. The molecule has 1 aromatic carbocycles. The monoisotopic (exact) mass is 556 g/mol. The summed E-state index contributed by atoms with van der Waals surface area (Å²) in [5.41, 5.74) is -2.82. The maximum Gasteiger partial charge on any atom is 0.421 e. The molecule has 1 N–H and O–H groups in total. The highest BCUT2D eigenvalue weighted by atomic mass is 79.9. The van der Waals surface area contributed by atoms with E-state index < -0.39 is 41.0 Å². The first-order valence-corrected chi connectivity index (χ1v) is 12.6. The van der Waals surface area contributed by atoms with Gasteiger partial charge in [0.15, 0.2) is 0 Å². The summed E-state index contributed by atoms with van der Waals surface area (Å²) in [6.07, 6.45) is -2.51. The number of rotatable bonds is 1. The Morgan fingerprint density at radius 2 is 1.54 bits per heavy atom. The van der Waals surface area contributed by atoms with Crippen molar-refractivity contribution in [2.75, 3.05) is 18.0 Å². The Balaban J connectivity index is 0.00000210. The van der Waals surface area contributed by atoms with E-state index in [4.69, 9.17) is 14.2 Å². The van der Waals surface area contributed by atoms with Gasteiger partial charge in [-0.2, -0.15) is 0 Å². The number of fused-ring (bicyclic) bond motifs is 1. The normalized spacial score (nSPS) is 19.6. The average Bonchev–Trinajstić information content (AvgIpc) is 2.72. The van der Waals surface area contributed by atoms with Crippen LogP contribution in [-0.4, -0.2) is 64.1 Å². The second kappa shape index (κ2) is 10.7. The number of piperidine rings is 1. The molecule has 35 heavy (non-hydrogen) atoms. The summed E-state index contributed by atoms with van der Waals surface area (Å²) < 4.78 is 17.4. The number of nitrogens with zero attached hydrogens (tertiary/aromatic N) is 2. The van der Waals surface area contributed by atoms with Gasteiger partial charge < -0.3 is 24.2 Å². The Hall–Kier alpha value is -2.33. The first kappa shape index (κ1) is 28.9. The molecule has 1 atom stereocenters. The minimum absolute atomic E-state index is 0.0800. The van der Waals surface area contributed by atoms with Gasteiger partial charge in [-0.05, 0) is 72.6 Å². The zero-order chi connectivity index (χ0) is 26.8. The first-order valence-electron chi connectivity index (χ1n) is 11.8. The van der Waals surface area contributed by atoms with E-state index >= 15 is 0 Å². The Morgan fingerprint density at radius 1 is 1.03 bits per heavy atom. The van der Waals surface area contributed by atoms with Crippen molar-refractivity contribution in [3.63, 3.8) is 0 Å². The maximum atomic E-state index is 13.5. The van der Waals surface area contributed by atoms with Crippen molar-refractivity contribution in [1.29, 1.82) is 0 Å². The first-order chi connectivity index (χ1) is 16.1. The number of aliphatic hydroxyl groups is 1. The zero-order valence-electron chi connectivity index (χ0n) is 21.8. The summed E-state index contributed by atoms with van der Waals surface area (Å²) in [6, 6.07) is 4.92. The van der Waals surface area contributed by atoms with E-state index in [1.807, 2.05) is 13.8 Å². The highest BCUT2D eigenvalue weighted by molar-refractivity contribution is 9.10. The lowest BCUT2D eigenvalue weighted by molar-refractivity contribution is -0.146. The summed E-state index contributed by atoms with van der Waals surface area (Å²) in [6.45, 7) is 14.8. The Morgan fingerprint density at radius 3 is 2.06 bits per heavy atom. The van der Waals surface area contributed by atoms with E-state index in [9.17, 15) is 19.5 Å². The number of benzene rings is 1. The van der Waals surface area contributed by atoms with Crippen molar-refractivity contribution in [3.8, 4) is 5.75 Å².